The summed E-state index contributed by atoms with van der Waals surface area (Å²) in [5.41, 5.74) is 0.405. The SMILES string of the molecule is C=C(C)C(=O)NC1N=NN=N1. The fourth-order valence-electron chi connectivity index (χ4n) is 0.465. The van der Waals surface area contributed by atoms with Crippen molar-refractivity contribution in [2.24, 2.45) is 20.7 Å². The van der Waals surface area contributed by atoms with Crippen molar-refractivity contribution in [3.63, 3.8) is 0 Å². The van der Waals surface area contributed by atoms with Gasteiger partial charge in [-0.2, -0.15) is 0 Å². The van der Waals surface area contributed by atoms with E-state index >= 15 is 0 Å². The molecule has 1 rings (SSSR count). The monoisotopic (exact) mass is 153 g/mol. The lowest BCUT2D eigenvalue weighted by atomic mass is 10.3. The fraction of sp³-hybridized carbons (Fsp3) is 0.400. The third-order valence-electron chi connectivity index (χ3n) is 1.01. The van der Waals surface area contributed by atoms with Crippen LogP contribution >= 0.6 is 0 Å². The van der Waals surface area contributed by atoms with Crippen molar-refractivity contribution in [2.45, 2.75) is 13.2 Å². The predicted molar refractivity (Wildman–Crippen MR) is 36.5 cm³/mol. The van der Waals surface area contributed by atoms with E-state index < -0.39 is 6.29 Å². The summed E-state index contributed by atoms with van der Waals surface area (Å²) in [5, 5.41) is 15.8. The van der Waals surface area contributed by atoms with Crippen LogP contribution in [0.15, 0.2) is 32.8 Å². The molecule has 0 bridgehead atoms. The van der Waals surface area contributed by atoms with Crippen molar-refractivity contribution in [1.82, 2.24) is 5.32 Å². The van der Waals surface area contributed by atoms with Gasteiger partial charge in [-0.05, 0) is 17.4 Å². The van der Waals surface area contributed by atoms with Gasteiger partial charge in [0.2, 0.25) is 5.91 Å². The van der Waals surface area contributed by atoms with Gasteiger partial charge in [0.15, 0.2) is 0 Å². The summed E-state index contributed by atoms with van der Waals surface area (Å²) in [6, 6.07) is 0. The summed E-state index contributed by atoms with van der Waals surface area (Å²) >= 11 is 0. The highest BCUT2D eigenvalue weighted by Gasteiger charge is 2.12. The normalized spacial score (nSPS) is 15.4. The summed E-state index contributed by atoms with van der Waals surface area (Å²) in [6.45, 7) is 5.04. The molecule has 0 aromatic carbocycles. The first-order chi connectivity index (χ1) is 5.20. The van der Waals surface area contributed by atoms with Crippen LogP contribution in [0.3, 0.4) is 0 Å². The molecule has 6 nitrogen and oxygen atoms in total. The van der Waals surface area contributed by atoms with Gasteiger partial charge in [-0.15, -0.1) is 10.2 Å². The lowest BCUT2D eigenvalue weighted by Gasteiger charge is -2.02. The molecule has 1 N–H and O–H groups in total. The van der Waals surface area contributed by atoms with Gasteiger partial charge in [-0.1, -0.05) is 6.58 Å². The molecule has 1 aliphatic rings. The Labute approximate surface area is 63.1 Å². The highest BCUT2D eigenvalue weighted by molar-refractivity contribution is 5.92. The second-order valence-electron chi connectivity index (χ2n) is 2.04. The van der Waals surface area contributed by atoms with Gasteiger partial charge in [0.1, 0.15) is 0 Å². The van der Waals surface area contributed by atoms with Gasteiger partial charge in [0.25, 0.3) is 6.29 Å². The smallest absolute Gasteiger partial charge is 0.258 e. The minimum absolute atomic E-state index is 0.296. The minimum Gasteiger partial charge on any atom is -0.309 e. The first-order valence-electron chi connectivity index (χ1n) is 2.96. The van der Waals surface area contributed by atoms with E-state index in [0.717, 1.165) is 0 Å². The molecule has 0 radical (unpaired) electrons. The van der Waals surface area contributed by atoms with Crippen LogP contribution in [-0.2, 0) is 4.79 Å². The molecular weight excluding hydrogens is 146 g/mol. The molecule has 58 valence electrons. The van der Waals surface area contributed by atoms with Crippen LogP contribution in [0.25, 0.3) is 0 Å². The van der Waals surface area contributed by atoms with E-state index in [1.807, 2.05) is 0 Å². The number of amides is 1. The minimum atomic E-state index is -0.667. The maximum Gasteiger partial charge on any atom is 0.258 e. The molecule has 0 aromatic rings. The molecule has 0 aliphatic carbocycles. The van der Waals surface area contributed by atoms with Crippen LogP contribution in [0.1, 0.15) is 6.92 Å². The zero-order valence-corrected chi connectivity index (χ0v) is 5.98. The number of rotatable bonds is 2. The molecule has 0 aromatic heterocycles. The third kappa shape index (κ3) is 1.92. The molecule has 1 amide bonds. The Morgan fingerprint density at radius 1 is 1.45 bits per heavy atom. The molecule has 0 atom stereocenters. The molecule has 1 heterocycles. The molecule has 0 saturated heterocycles. The molecular formula is C5H7N5O. The summed E-state index contributed by atoms with van der Waals surface area (Å²) in [4.78, 5) is 10.9. The summed E-state index contributed by atoms with van der Waals surface area (Å²) < 4.78 is 0. The third-order valence-corrected chi connectivity index (χ3v) is 1.01. The average molecular weight is 153 g/mol. The molecule has 1 aliphatic heterocycles. The van der Waals surface area contributed by atoms with Gasteiger partial charge in [-0.3, -0.25) is 4.79 Å². The van der Waals surface area contributed by atoms with E-state index in [2.05, 4.69) is 32.6 Å². The van der Waals surface area contributed by atoms with Crippen molar-refractivity contribution in [3.8, 4) is 0 Å². The highest BCUT2D eigenvalue weighted by Crippen LogP contribution is 2.01. The van der Waals surface area contributed by atoms with Crippen molar-refractivity contribution in [2.75, 3.05) is 0 Å². The van der Waals surface area contributed by atoms with Crippen LogP contribution < -0.4 is 5.32 Å². The van der Waals surface area contributed by atoms with Crippen LogP contribution in [0, 0.1) is 0 Å². The fourth-order valence-corrected chi connectivity index (χ4v) is 0.465. The Morgan fingerprint density at radius 3 is 2.45 bits per heavy atom. The van der Waals surface area contributed by atoms with Crippen LogP contribution in [0.2, 0.25) is 0 Å². The zero-order valence-electron chi connectivity index (χ0n) is 5.98. The van der Waals surface area contributed by atoms with Crippen LogP contribution in [-0.4, -0.2) is 12.2 Å². The van der Waals surface area contributed by atoms with Gasteiger partial charge >= 0.3 is 0 Å². The lowest BCUT2D eigenvalue weighted by Crippen LogP contribution is -2.31. The highest BCUT2D eigenvalue weighted by atomic mass is 16.2. The number of nitrogens with zero attached hydrogens (tertiary/aromatic N) is 4. The van der Waals surface area contributed by atoms with E-state index in [9.17, 15) is 4.79 Å². The van der Waals surface area contributed by atoms with Crippen LogP contribution in [0.5, 0.6) is 0 Å². The number of carbonyl (C=O) groups is 1. The van der Waals surface area contributed by atoms with Crippen molar-refractivity contribution in [1.29, 1.82) is 0 Å². The maximum absolute atomic E-state index is 10.9. The average Bonchev–Trinajstić information content (AvgIpc) is 2.39. The molecule has 0 saturated carbocycles. The van der Waals surface area contributed by atoms with Crippen molar-refractivity contribution < 1.29 is 4.79 Å². The summed E-state index contributed by atoms with van der Waals surface area (Å²) in [7, 11) is 0. The molecule has 6 heteroatoms. The summed E-state index contributed by atoms with van der Waals surface area (Å²) in [6.07, 6.45) is -0.667. The molecule has 0 fully saturated rings. The van der Waals surface area contributed by atoms with E-state index in [1.165, 1.54) is 0 Å². The topological polar surface area (TPSA) is 78.5 Å². The summed E-state index contributed by atoms with van der Waals surface area (Å²) in [5.74, 6) is -0.296. The first kappa shape index (κ1) is 7.52. The predicted octanol–water partition coefficient (Wildman–Crippen LogP) is 0.795. The first-order valence-corrected chi connectivity index (χ1v) is 2.96. The van der Waals surface area contributed by atoms with Gasteiger partial charge in [-0.25, -0.2) is 0 Å². The Kier molecular flexibility index (Phi) is 2.05. The quantitative estimate of drug-likeness (QED) is 0.585. The molecule has 11 heavy (non-hydrogen) atoms. The van der Waals surface area contributed by atoms with E-state index in [4.69, 9.17) is 0 Å². The van der Waals surface area contributed by atoms with Gasteiger partial charge in [0, 0.05) is 5.57 Å². The number of hydrogen-bond donors (Lipinski definition) is 1. The number of nitrogens with one attached hydrogen (secondary N) is 1. The van der Waals surface area contributed by atoms with Crippen molar-refractivity contribution in [3.05, 3.63) is 12.2 Å². The molecule has 0 unspecified atom stereocenters. The van der Waals surface area contributed by atoms with Crippen molar-refractivity contribution >= 4 is 5.91 Å². The van der Waals surface area contributed by atoms with E-state index in [1.54, 1.807) is 6.92 Å². The van der Waals surface area contributed by atoms with E-state index in [-0.39, 0.29) is 5.91 Å². The van der Waals surface area contributed by atoms with Gasteiger partial charge < -0.3 is 5.32 Å². The number of carbonyl (C=O) groups excluding carboxylic acids is 1. The maximum atomic E-state index is 10.9. The lowest BCUT2D eigenvalue weighted by molar-refractivity contribution is -0.118. The van der Waals surface area contributed by atoms with Gasteiger partial charge in [0.05, 0.1) is 0 Å². The zero-order chi connectivity index (χ0) is 8.27. The molecule has 0 spiro atoms. The Morgan fingerprint density at radius 2 is 2.00 bits per heavy atom. The largest absolute Gasteiger partial charge is 0.309 e. The second-order valence-corrected chi connectivity index (χ2v) is 2.04. The number of hydrogen-bond acceptors (Lipinski definition) is 5. The standard InChI is InChI=1S/C5H7N5O/c1-3(2)4(11)6-5-7-9-10-8-5/h5H,1H2,2H3,(H,6,11). The Hall–Kier alpha value is -1.59. The van der Waals surface area contributed by atoms with Crippen LogP contribution in [0.4, 0.5) is 0 Å². The Balaban J connectivity index is 2.43. The second kappa shape index (κ2) is 3.00. The Bertz CT molecular complexity index is 231. The van der Waals surface area contributed by atoms with E-state index in [0.29, 0.717) is 5.57 Å².